The minimum Gasteiger partial charge on any atom is -0.362 e. The Morgan fingerprint density at radius 3 is 2.56 bits per heavy atom. The van der Waals surface area contributed by atoms with E-state index in [9.17, 15) is 9.59 Å². The first kappa shape index (κ1) is 23.5. The van der Waals surface area contributed by atoms with E-state index < -0.39 is 5.92 Å². The van der Waals surface area contributed by atoms with Crippen LogP contribution in [0.4, 0.5) is 5.13 Å². The van der Waals surface area contributed by atoms with Crippen molar-refractivity contribution < 1.29 is 9.59 Å². The minimum atomic E-state index is -0.434. The third-order valence-electron chi connectivity index (χ3n) is 6.26. The summed E-state index contributed by atoms with van der Waals surface area (Å²) in [6.07, 6.45) is 1.22. The lowest BCUT2D eigenvalue weighted by molar-refractivity contribution is -0.118. The summed E-state index contributed by atoms with van der Waals surface area (Å²) in [4.78, 5) is 31.7. The van der Waals surface area contributed by atoms with Gasteiger partial charge in [-0.1, -0.05) is 69.2 Å². The standard InChI is InChI=1S/C26H23Br2N3O2S/c1-13-21(24(33)31-25-30-17-9-8-16(28)10-20(17)34-25)22(14-4-6-15(27)7-5-14)23-18(29-13)11-26(2,3)12-19(23)32/h4-10,22,29H,11-12H2,1-3H3,(H,30,31,33). The molecule has 5 nitrogen and oxygen atoms in total. The van der Waals surface area contributed by atoms with Crippen LogP contribution in [0.5, 0.6) is 0 Å². The van der Waals surface area contributed by atoms with E-state index in [-0.39, 0.29) is 17.1 Å². The average Bonchev–Trinajstić information content (AvgIpc) is 3.13. The highest BCUT2D eigenvalue weighted by atomic mass is 79.9. The number of anilines is 1. The molecule has 0 bridgehead atoms. The Morgan fingerprint density at radius 1 is 1.12 bits per heavy atom. The number of aromatic nitrogens is 1. The van der Waals surface area contributed by atoms with Crippen molar-refractivity contribution in [1.29, 1.82) is 0 Å². The van der Waals surface area contributed by atoms with Gasteiger partial charge in [0.25, 0.3) is 5.91 Å². The van der Waals surface area contributed by atoms with Crippen LogP contribution < -0.4 is 10.6 Å². The van der Waals surface area contributed by atoms with Gasteiger partial charge in [0, 0.05) is 43.8 Å². The molecule has 1 unspecified atom stereocenters. The molecule has 3 aromatic rings. The zero-order chi connectivity index (χ0) is 24.2. The predicted molar refractivity (Wildman–Crippen MR) is 144 cm³/mol. The number of ketones is 1. The molecule has 1 aromatic heterocycles. The van der Waals surface area contributed by atoms with Crippen LogP contribution in [0.15, 0.2) is 74.0 Å². The lowest BCUT2D eigenvalue weighted by atomic mass is 9.68. The number of fused-ring (bicyclic) bond motifs is 1. The van der Waals surface area contributed by atoms with Gasteiger partial charge in [0.15, 0.2) is 10.9 Å². The molecule has 0 saturated carbocycles. The van der Waals surface area contributed by atoms with E-state index in [4.69, 9.17) is 0 Å². The number of rotatable bonds is 3. The molecule has 0 spiro atoms. The zero-order valence-electron chi connectivity index (χ0n) is 19.0. The van der Waals surface area contributed by atoms with Gasteiger partial charge in [-0.05, 0) is 54.7 Å². The number of allylic oxidation sites excluding steroid dienone is 3. The molecule has 1 amide bonds. The van der Waals surface area contributed by atoms with Crippen molar-refractivity contribution in [1.82, 2.24) is 10.3 Å². The smallest absolute Gasteiger partial charge is 0.256 e. The molecule has 8 heteroatoms. The van der Waals surface area contributed by atoms with Crippen molar-refractivity contribution >= 4 is 70.2 Å². The molecular weight excluding hydrogens is 578 g/mol. The van der Waals surface area contributed by atoms with Gasteiger partial charge in [-0.25, -0.2) is 4.98 Å². The summed E-state index contributed by atoms with van der Waals surface area (Å²) >= 11 is 8.40. The Hall–Kier alpha value is -2.29. The molecule has 0 radical (unpaired) electrons. The Kier molecular flexibility index (Phi) is 6.02. The molecule has 174 valence electrons. The van der Waals surface area contributed by atoms with Gasteiger partial charge in [-0.2, -0.15) is 0 Å². The van der Waals surface area contributed by atoms with Crippen LogP contribution in [-0.2, 0) is 9.59 Å². The van der Waals surface area contributed by atoms with Crippen molar-refractivity contribution in [3.63, 3.8) is 0 Å². The van der Waals surface area contributed by atoms with E-state index >= 15 is 0 Å². The van der Waals surface area contributed by atoms with Gasteiger partial charge in [-0.3, -0.25) is 14.9 Å². The average molecular weight is 601 g/mol. The number of halogens is 2. The number of hydrogen-bond acceptors (Lipinski definition) is 5. The molecule has 5 rings (SSSR count). The van der Waals surface area contributed by atoms with Crippen LogP contribution in [-0.4, -0.2) is 16.7 Å². The Labute approximate surface area is 219 Å². The lowest BCUT2D eigenvalue weighted by Gasteiger charge is -2.39. The highest BCUT2D eigenvalue weighted by molar-refractivity contribution is 9.10. The van der Waals surface area contributed by atoms with Crippen molar-refractivity contribution in [2.45, 2.75) is 39.5 Å². The second kappa shape index (κ2) is 8.73. The summed E-state index contributed by atoms with van der Waals surface area (Å²) in [6, 6.07) is 13.7. The summed E-state index contributed by atoms with van der Waals surface area (Å²) in [7, 11) is 0. The molecule has 1 atom stereocenters. The topological polar surface area (TPSA) is 71.1 Å². The van der Waals surface area contributed by atoms with Crippen LogP contribution in [0.1, 0.15) is 45.1 Å². The first-order valence-corrected chi connectivity index (χ1v) is 13.4. The first-order chi connectivity index (χ1) is 16.1. The third kappa shape index (κ3) is 4.39. The number of nitrogens with zero attached hydrogens (tertiary/aromatic N) is 1. The van der Waals surface area contributed by atoms with Crippen molar-refractivity contribution in [3.05, 3.63) is 79.5 Å². The fraction of sp³-hybridized carbons (Fsp3) is 0.269. The minimum absolute atomic E-state index is 0.0920. The predicted octanol–water partition coefficient (Wildman–Crippen LogP) is 7.06. The van der Waals surface area contributed by atoms with Crippen molar-refractivity contribution in [3.8, 4) is 0 Å². The van der Waals surface area contributed by atoms with E-state index in [1.165, 1.54) is 11.3 Å². The molecule has 34 heavy (non-hydrogen) atoms. The number of thiazole rings is 1. The molecule has 2 heterocycles. The number of hydrogen-bond donors (Lipinski definition) is 2. The van der Waals surface area contributed by atoms with E-state index in [0.29, 0.717) is 22.7 Å². The Bertz CT molecular complexity index is 1400. The second-order valence-electron chi connectivity index (χ2n) is 9.57. The maximum atomic E-state index is 13.7. The van der Waals surface area contributed by atoms with Crippen LogP contribution in [0.2, 0.25) is 0 Å². The van der Waals surface area contributed by atoms with E-state index in [1.807, 2.05) is 49.4 Å². The van der Waals surface area contributed by atoms with Crippen LogP contribution in [0.25, 0.3) is 10.2 Å². The molecule has 0 saturated heterocycles. The number of carbonyl (C=O) groups is 2. The number of dihydropyridines is 1. The van der Waals surface area contributed by atoms with Crippen LogP contribution in [0.3, 0.4) is 0 Å². The normalized spacial score (nSPS) is 19.8. The maximum absolute atomic E-state index is 13.7. The van der Waals surface area contributed by atoms with Gasteiger partial charge in [-0.15, -0.1) is 0 Å². The molecular formula is C26H23Br2N3O2S. The molecule has 2 aromatic carbocycles. The molecule has 2 N–H and O–H groups in total. The van der Waals surface area contributed by atoms with Gasteiger partial charge in [0.05, 0.1) is 10.2 Å². The highest BCUT2D eigenvalue weighted by Gasteiger charge is 2.42. The Morgan fingerprint density at radius 2 is 1.82 bits per heavy atom. The van der Waals surface area contributed by atoms with Gasteiger partial charge < -0.3 is 5.32 Å². The van der Waals surface area contributed by atoms with Gasteiger partial charge >= 0.3 is 0 Å². The second-order valence-corrected chi connectivity index (χ2v) is 12.4. The van der Waals surface area contributed by atoms with Gasteiger partial charge in [0.1, 0.15) is 0 Å². The maximum Gasteiger partial charge on any atom is 0.256 e. The zero-order valence-corrected chi connectivity index (χ0v) is 22.9. The van der Waals surface area contributed by atoms with E-state index in [0.717, 1.165) is 42.5 Å². The lowest BCUT2D eigenvalue weighted by Crippen LogP contribution is -2.39. The van der Waals surface area contributed by atoms with Crippen molar-refractivity contribution in [2.24, 2.45) is 5.41 Å². The quantitative estimate of drug-likeness (QED) is 0.337. The monoisotopic (exact) mass is 599 g/mol. The molecule has 1 aliphatic carbocycles. The fourth-order valence-corrected chi connectivity index (χ4v) is 6.52. The summed E-state index contributed by atoms with van der Waals surface area (Å²) in [6.45, 7) is 6.13. The summed E-state index contributed by atoms with van der Waals surface area (Å²) in [5.41, 5.74) is 4.56. The number of carbonyl (C=O) groups excluding carboxylic acids is 2. The van der Waals surface area contributed by atoms with Crippen LogP contribution >= 0.6 is 43.2 Å². The highest BCUT2D eigenvalue weighted by Crippen LogP contribution is 2.47. The Balaban J connectivity index is 1.57. The largest absolute Gasteiger partial charge is 0.362 e. The molecule has 1 aliphatic heterocycles. The number of nitrogens with one attached hydrogen (secondary N) is 2. The number of Topliss-reactive ketones (excluding diaryl/α,β-unsaturated/α-hetero) is 1. The summed E-state index contributed by atoms with van der Waals surface area (Å²) in [5.74, 6) is -0.592. The number of benzene rings is 2. The summed E-state index contributed by atoms with van der Waals surface area (Å²) < 4.78 is 2.89. The van der Waals surface area contributed by atoms with E-state index in [2.05, 4.69) is 61.3 Å². The van der Waals surface area contributed by atoms with Gasteiger partial charge in [0.2, 0.25) is 0 Å². The first-order valence-electron chi connectivity index (χ1n) is 11.0. The van der Waals surface area contributed by atoms with Crippen molar-refractivity contribution in [2.75, 3.05) is 5.32 Å². The van der Waals surface area contributed by atoms with Crippen LogP contribution in [0, 0.1) is 5.41 Å². The van der Waals surface area contributed by atoms with E-state index in [1.54, 1.807) is 0 Å². The fourth-order valence-electron chi connectivity index (χ4n) is 4.84. The SMILES string of the molecule is CC1=C(C(=O)Nc2nc3ccc(Br)cc3s2)C(c2ccc(Br)cc2)C2=C(CC(C)(C)CC2=O)N1. The molecule has 0 fully saturated rings. The third-order valence-corrected chi connectivity index (χ3v) is 8.21. The molecule has 2 aliphatic rings. The summed E-state index contributed by atoms with van der Waals surface area (Å²) in [5, 5.41) is 6.94. The number of amides is 1.